The molecule has 3 heteroatoms. The van der Waals surface area contributed by atoms with Crippen LogP contribution in [0.5, 0.6) is 0 Å². The Hall–Kier alpha value is -1.80. The summed E-state index contributed by atoms with van der Waals surface area (Å²) in [5, 5.41) is 5.21. The molecule has 0 aliphatic heterocycles. The molecule has 0 N–H and O–H groups in total. The van der Waals surface area contributed by atoms with Crippen LogP contribution < -0.4 is 0 Å². The molecule has 2 nitrogen and oxygen atoms in total. The molecule has 0 aromatic heterocycles. The van der Waals surface area contributed by atoms with Crippen LogP contribution in [0.15, 0.2) is 41.6 Å². The lowest BCUT2D eigenvalue weighted by atomic mass is 10.0. The third-order valence-corrected chi connectivity index (χ3v) is 4.57. The van der Waals surface area contributed by atoms with E-state index in [0.717, 1.165) is 16.3 Å². The summed E-state index contributed by atoms with van der Waals surface area (Å²) >= 11 is 5.97. The average Bonchev–Trinajstić information content (AvgIpc) is 3.31. The van der Waals surface area contributed by atoms with E-state index in [0.29, 0.717) is 12.5 Å². The zero-order valence-electron chi connectivity index (χ0n) is 13.9. The Balaban J connectivity index is 1.76. The summed E-state index contributed by atoms with van der Waals surface area (Å²) in [7, 11) is 0. The summed E-state index contributed by atoms with van der Waals surface area (Å²) in [6.45, 7) is 6.89. The lowest BCUT2D eigenvalue weighted by Crippen LogP contribution is -2.05. The standard InChI is InChI=1S/C20H22ClNO/c1-13-10-14(2)19(15(3)11-13)12-23-22-20(16-4-5-16)17-6-8-18(21)9-7-17/h6-11,16H,4-5,12H2,1-3H3/b22-20+. The highest BCUT2D eigenvalue weighted by molar-refractivity contribution is 6.30. The van der Waals surface area contributed by atoms with Crippen molar-refractivity contribution in [2.24, 2.45) is 11.1 Å². The van der Waals surface area contributed by atoms with Gasteiger partial charge < -0.3 is 4.84 Å². The third kappa shape index (κ3) is 3.94. The Kier molecular flexibility index (Phi) is 4.72. The molecule has 23 heavy (non-hydrogen) atoms. The first-order valence-electron chi connectivity index (χ1n) is 8.07. The van der Waals surface area contributed by atoms with Crippen LogP contribution in [0.25, 0.3) is 0 Å². The van der Waals surface area contributed by atoms with Gasteiger partial charge in [0.1, 0.15) is 6.61 Å². The van der Waals surface area contributed by atoms with Crippen molar-refractivity contribution in [1.29, 1.82) is 0 Å². The summed E-state index contributed by atoms with van der Waals surface area (Å²) in [4.78, 5) is 5.72. The number of halogens is 1. The van der Waals surface area contributed by atoms with Crippen LogP contribution in [0.3, 0.4) is 0 Å². The Morgan fingerprint density at radius 3 is 2.26 bits per heavy atom. The molecule has 2 aromatic carbocycles. The van der Waals surface area contributed by atoms with Crippen molar-refractivity contribution in [2.75, 3.05) is 0 Å². The van der Waals surface area contributed by atoms with Crippen LogP contribution in [-0.4, -0.2) is 5.71 Å². The molecule has 0 saturated heterocycles. The molecule has 3 rings (SSSR count). The summed E-state index contributed by atoms with van der Waals surface area (Å²) in [6, 6.07) is 12.2. The second-order valence-electron chi connectivity index (χ2n) is 6.41. The summed E-state index contributed by atoms with van der Waals surface area (Å²) in [6.07, 6.45) is 2.38. The van der Waals surface area contributed by atoms with Crippen molar-refractivity contribution in [2.45, 2.75) is 40.2 Å². The van der Waals surface area contributed by atoms with Crippen molar-refractivity contribution < 1.29 is 4.84 Å². The van der Waals surface area contributed by atoms with Gasteiger partial charge in [0, 0.05) is 10.9 Å². The average molecular weight is 328 g/mol. The summed E-state index contributed by atoms with van der Waals surface area (Å²) in [5.41, 5.74) is 7.19. The van der Waals surface area contributed by atoms with Crippen molar-refractivity contribution >= 4 is 17.3 Å². The third-order valence-electron chi connectivity index (χ3n) is 4.32. The lowest BCUT2D eigenvalue weighted by Gasteiger charge is -2.11. The quantitative estimate of drug-likeness (QED) is 0.517. The van der Waals surface area contributed by atoms with Crippen LogP contribution in [0, 0.1) is 26.7 Å². The number of aryl methyl sites for hydroxylation is 3. The Labute approximate surface area is 143 Å². The topological polar surface area (TPSA) is 21.6 Å². The van der Waals surface area contributed by atoms with Crippen molar-refractivity contribution in [3.05, 3.63) is 69.2 Å². The molecule has 0 unspecified atom stereocenters. The Morgan fingerprint density at radius 1 is 1.09 bits per heavy atom. The largest absolute Gasteiger partial charge is 0.391 e. The van der Waals surface area contributed by atoms with E-state index in [-0.39, 0.29) is 0 Å². The van der Waals surface area contributed by atoms with Gasteiger partial charge in [-0.3, -0.25) is 0 Å². The first kappa shape index (κ1) is 16.1. The first-order valence-corrected chi connectivity index (χ1v) is 8.45. The van der Waals surface area contributed by atoms with Gasteiger partial charge in [-0.15, -0.1) is 0 Å². The van der Waals surface area contributed by atoms with Crippen LogP contribution in [0.1, 0.15) is 40.7 Å². The van der Waals surface area contributed by atoms with E-state index in [4.69, 9.17) is 16.4 Å². The van der Waals surface area contributed by atoms with Crippen molar-refractivity contribution in [3.63, 3.8) is 0 Å². The number of benzene rings is 2. The molecule has 1 fully saturated rings. The Bertz CT molecular complexity index is 707. The van der Waals surface area contributed by atoms with Crippen molar-refractivity contribution in [3.8, 4) is 0 Å². The monoisotopic (exact) mass is 327 g/mol. The minimum absolute atomic E-state index is 0.516. The molecule has 120 valence electrons. The van der Waals surface area contributed by atoms with E-state index < -0.39 is 0 Å². The summed E-state index contributed by atoms with van der Waals surface area (Å²) < 4.78 is 0. The predicted octanol–water partition coefficient (Wildman–Crippen LogP) is 5.60. The van der Waals surface area contributed by atoms with E-state index in [1.54, 1.807) is 0 Å². The van der Waals surface area contributed by atoms with Gasteiger partial charge in [-0.25, -0.2) is 0 Å². The maximum Gasteiger partial charge on any atom is 0.142 e. The maximum absolute atomic E-state index is 5.97. The second-order valence-corrected chi connectivity index (χ2v) is 6.84. The normalized spacial score (nSPS) is 14.9. The van der Waals surface area contributed by atoms with E-state index in [2.05, 4.69) is 38.1 Å². The molecular formula is C20H22ClNO. The van der Waals surface area contributed by atoms with Crippen molar-refractivity contribution in [1.82, 2.24) is 0 Å². The molecule has 0 atom stereocenters. The van der Waals surface area contributed by atoms with Gasteiger partial charge in [0.15, 0.2) is 0 Å². The number of oxime groups is 1. The fraction of sp³-hybridized carbons (Fsp3) is 0.350. The molecule has 0 bridgehead atoms. The number of rotatable bonds is 5. The first-order chi connectivity index (χ1) is 11.0. The molecule has 1 aliphatic carbocycles. The highest BCUT2D eigenvalue weighted by Crippen LogP contribution is 2.34. The molecule has 1 saturated carbocycles. The molecule has 0 radical (unpaired) electrons. The maximum atomic E-state index is 5.97. The molecule has 1 aliphatic rings. The highest BCUT2D eigenvalue weighted by atomic mass is 35.5. The lowest BCUT2D eigenvalue weighted by molar-refractivity contribution is 0.129. The minimum Gasteiger partial charge on any atom is -0.391 e. The fourth-order valence-electron chi connectivity index (χ4n) is 2.94. The predicted molar refractivity (Wildman–Crippen MR) is 96.2 cm³/mol. The van der Waals surface area contributed by atoms with Crippen LogP contribution in [0.4, 0.5) is 0 Å². The zero-order valence-corrected chi connectivity index (χ0v) is 14.7. The van der Waals surface area contributed by atoms with Gasteiger partial charge in [-0.05, 0) is 68.0 Å². The van der Waals surface area contributed by atoms with Gasteiger partial charge in [0.25, 0.3) is 0 Å². The fourth-order valence-corrected chi connectivity index (χ4v) is 3.07. The van der Waals surface area contributed by atoms with Gasteiger partial charge >= 0.3 is 0 Å². The minimum atomic E-state index is 0.516. The smallest absolute Gasteiger partial charge is 0.142 e. The molecule has 0 spiro atoms. The SMILES string of the molecule is Cc1cc(C)c(CO/N=C(/c2ccc(Cl)cc2)C2CC2)c(C)c1. The van der Waals surface area contributed by atoms with E-state index >= 15 is 0 Å². The van der Waals surface area contributed by atoms with Gasteiger partial charge in [-0.1, -0.05) is 46.6 Å². The molecule has 0 amide bonds. The second kappa shape index (κ2) is 6.76. The van der Waals surface area contributed by atoms with Gasteiger partial charge in [0.05, 0.1) is 5.71 Å². The van der Waals surface area contributed by atoms with E-state index in [1.165, 1.54) is 35.1 Å². The number of hydrogen-bond donors (Lipinski definition) is 0. The van der Waals surface area contributed by atoms with Crippen LogP contribution >= 0.6 is 11.6 Å². The highest BCUT2D eigenvalue weighted by Gasteiger charge is 2.29. The van der Waals surface area contributed by atoms with Crippen LogP contribution in [0.2, 0.25) is 5.02 Å². The molecule has 2 aromatic rings. The molecule has 0 heterocycles. The van der Waals surface area contributed by atoms with E-state index in [9.17, 15) is 0 Å². The van der Waals surface area contributed by atoms with Gasteiger partial charge in [0.2, 0.25) is 0 Å². The van der Waals surface area contributed by atoms with Gasteiger partial charge in [-0.2, -0.15) is 0 Å². The molecular weight excluding hydrogens is 306 g/mol. The zero-order chi connectivity index (χ0) is 16.4. The summed E-state index contributed by atoms with van der Waals surface area (Å²) in [5.74, 6) is 0.524. The number of hydrogen-bond acceptors (Lipinski definition) is 2. The van der Waals surface area contributed by atoms with E-state index in [1.807, 2.05) is 24.3 Å². The Morgan fingerprint density at radius 2 is 1.70 bits per heavy atom. The van der Waals surface area contributed by atoms with Crippen LogP contribution in [-0.2, 0) is 11.4 Å². The number of nitrogens with zero attached hydrogens (tertiary/aromatic N) is 1.